The van der Waals surface area contributed by atoms with Crippen LogP contribution in [0.15, 0.2) is 35.7 Å². The van der Waals surface area contributed by atoms with Crippen molar-refractivity contribution in [2.75, 3.05) is 30.1 Å². The number of thioether (sulfide) groups is 1. The lowest BCUT2D eigenvalue weighted by molar-refractivity contribution is -0.113. The molecule has 5 rings (SSSR count). The van der Waals surface area contributed by atoms with E-state index in [2.05, 4.69) is 27.4 Å². The maximum Gasteiger partial charge on any atom is 0.234 e. The molecule has 0 spiro atoms. The van der Waals surface area contributed by atoms with Gasteiger partial charge in [-0.1, -0.05) is 18.7 Å². The quantitative estimate of drug-likeness (QED) is 0.456. The first-order valence-corrected chi connectivity index (χ1v) is 12.1. The Hall–Kier alpha value is -2.65. The summed E-state index contributed by atoms with van der Waals surface area (Å²) in [6, 6.07) is 7.78. The number of rotatable bonds is 5. The smallest absolute Gasteiger partial charge is 0.234 e. The van der Waals surface area contributed by atoms with E-state index >= 15 is 0 Å². The number of nitrogens with one attached hydrogen (secondary N) is 1. The zero-order chi connectivity index (χ0) is 21.5. The fraction of sp³-hybridized carbons (Fsp3) is 0.364. The summed E-state index contributed by atoms with van der Waals surface area (Å²) in [4.78, 5) is 21.6. The molecule has 1 aliphatic rings. The molecule has 4 aromatic rings. The molecule has 0 bridgehead atoms. The first-order chi connectivity index (χ1) is 15.0. The number of aryl methyl sites for hydroxylation is 1. The third kappa shape index (κ3) is 3.87. The van der Waals surface area contributed by atoms with Gasteiger partial charge in [-0.3, -0.25) is 9.20 Å². The highest BCUT2D eigenvalue weighted by molar-refractivity contribution is 7.99. The van der Waals surface area contributed by atoms with Crippen LogP contribution in [-0.2, 0) is 17.6 Å². The molecule has 31 heavy (non-hydrogen) atoms. The Balaban J connectivity index is 1.33. The van der Waals surface area contributed by atoms with E-state index in [1.807, 2.05) is 47.7 Å². The molecule has 7 nitrogen and oxygen atoms in total. The summed E-state index contributed by atoms with van der Waals surface area (Å²) in [6.07, 6.45) is 5.17. The number of hydrogen-bond donors (Lipinski definition) is 1. The maximum atomic E-state index is 12.4. The van der Waals surface area contributed by atoms with Crippen molar-refractivity contribution in [3.8, 4) is 0 Å². The molecule has 3 heterocycles. The molecule has 160 valence electrons. The molecule has 1 aliphatic carbocycles. The molecular weight excluding hydrogens is 428 g/mol. The molecule has 1 aromatic carbocycles. The second-order valence-electron chi connectivity index (χ2n) is 8.23. The van der Waals surface area contributed by atoms with Crippen LogP contribution in [-0.4, -0.2) is 45.3 Å². The lowest BCUT2D eigenvalue weighted by Crippen LogP contribution is -2.14. The number of benzene rings is 1. The van der Waals surface area contributed by atoms with Gasteiger partial charge in [-0.05, 0) is 55.0 Å². The van der Waals surface area contributed by atoms with Gasteiger partial charge in [0, 0.05) is 30.3 Å². The van der Waals surface area contributed by atoms with Gasteiger partial charge in [0.2, 0.25) is 5.91 Å². The predicted octanol–water partition coefficient (Wildman–Crippen LogP) is 4.26. The Kier molecular flexibility index (Phi) is 5.31. The van der Waals surface area contributed by atoms with Crippen molar-refractivity contribution in [2.24, 2.45) is 5.92 Å². The van der Waals surface area contributed by atoms with Gasteiger partial charge >= 0.3 is 0 Å². The summed E-state index contributed by atoms with van der Waals surface area (Å²) >= 11 is 3.16. The Morgan fingerprint density at radius 3 is 2.87 bits per heavy atom. The zero-order valence-corrected chi connectivity index (χ0v) is 19.4. The molecule has 1 N–H and O–H groups in total. The number of hydrogen-bond acceptors (Lipinski definition) is 7. The van der Waals surface area contributed by atoms with Gasteiger partial charge in [0.05, 0.1) is 11.1 Å². The van der Waals surface area contributed by atoms with Gasteiger partial charge in [-0.15, -0.1) is 21.5 Å². The molecule has 0 saturated heterocycles. The Morgan fingerprint density at radius 1 is 1.29 bits per heavy atom. The molecule has 1 amide bonds. The first-order valence-electron chi connectivity index (χ1n) is 10.3. The number of carbonyl (C=O) groups is 1. The van der Waals surface area contributed by atoms with Crippen LogP contribution in [0.2, 0.25) is 0 Å². The van der Waals surface area contributed by atoms with E-state index in [-0.39, 0.29) is 11.7 Å². The topological polar surface area (TPSA) is 75.4 Å². The van der Waals surface area contributed by atoms with E-state index in [0.717, 1.165) is 46.0 Å². The zero-order valence-electron chi connectivity index (χ0n) is 17.8. The van der Waals surface area contributed by atoms with Crippen molar-refractivity contribution in [1.82, 2.24) is 19.6 Å². The molecule has 1 atom stereocenters. The van der Waals surface area contributed by atoms with Crippen LogP contribution in [0.4, 0.5) is 11.4 Å². The van der Waals surface area contributed by atoms with E-state index in [1.165, 1.54) is 28.6 Å². The van der Waals surface area contributed by atoms with Crippen LogP contribution >= 0.6 is 23.1 Å². The molecule has 0 aliphatic heterocycles. The van der Waals surface area contributed by atoms with Crippen molar-refractivity contribution in [2.45, 2.75) is 31.3 Å². The fourth-order valence-corrected chi connectivity index (χ4v) is 6.04. The number of aromatic nitrogens is 4. The minimum atomic E-state index is -0.0738. The van der Waals surface area contributed by atoms with Crippen molar-refractivity contribution >= 4 is 56.2 Å². The van der Waals surface area contributed by atoms with Crippen LogP contribution in [0.3, 0.4) is 0 Å². The highest BCUT2D eigenvalue weighted by Crippen LogP contribution is 2.39. The number of nitrogens with zero attached hydrogens (tertiary/aromatic N) is 5. The third-order valence-corrected chi connectivity index (χ3v) is 7.78. The van der Waals surface area contributed by atoms with Gasteiger partial charge in [-0.2, -0.15) is 0 Å². The molecule has 3 aromatic heterocycles. The second kappa shape index (κ2) is 8.12. The van der Waals surface area contributed by atoms with Crippen molar-refractivity contribution in [3.05, 3.63) is 41.0 Å². The van der Waals surface area contributed by atoms with Gasteiger partial charge in [0.15, 0.2) is 10.8 Å². The van der Waals surface area contributed by atoms with Crippen LogP contribution in [0.25, 0.3) is 15.9 Å². The lowest BCUT2D eigenvalue weighted by atomic mass is 9.89. The number of thiophene rings is 1. The summed E-state index contributed by atoms with van der Waals surface area (Å²) in [6.45, 7) is 2.31. The van der Waals surface area contributed by atoms with Crippen molar-refractivity contribution in [3.63, 3.8) is 0 Å². The van der Waals surface area contributed by atoms with Crippen molar-refractivity contribution in [1.29, 1.82) is 0 Å². The standard InChI is InChI=1S/C22H24N6OS2/c1-13-4-9-16-17(10-13)31-21-19(16)20-25-26-22(28(20)12-23-21)30-11-18(29)24-14-5-7-15(8-6-14)27(2)3/h5-8,12-13H,4,9-11H2,1-3H3,(H,24,29)/t13-/m0/s1. The molecular formula is C22H24N6OS2. The Labute approximate surface area is 188 Å². The van der Waals surface area contributed by atoms with E-state index in [4.69, 9.17) is 0 Å². The minimum Gasteiger partial charge on any atom is -0.378 e. The van der Waals surface area contributed by atoms with Crippen LogP contribution in [0, 0.1) is 5.92 Å². The highest BCUT2D eigenvalue weighted by atomic mass is 32.2. The highest BCUT2D eigenvalue weighted by Gasteiger charge is 2.24. The van der Waals surface area contributed by atoms with Gasteiger partial charge < -0.3 is 10.2 Å². The lowest BCUT2D eigenvalue weighted by Gasteiger charge is -2.17. The van der Waals surface area contributed by atoms with E-state index in [9.17, 15) is 4.79 Å². The summed E-state index contributed by atoms with van der Waals surface area (Å²) in [5.41, 5.74) is 4.11. The van der Waals surface area contributed by atoms with E-state index < -0.39 is 0 Å². The molecule has 0 unspecified atom stereocenters. The number of amides is 1. The van der Waals surface area contributed by atoms with E-state index in [1.54, 1.807) is 17.7 Å². The summed E-state index contributed by atoms with van der Waals surface area (Å²) in [5.74, 6) is 0.904. The molecule has 9 heteroatoms. The second-order valence-corrected chi connectivity index (χ2v) is 10.3. The van der Waals surface area contributed by atoms with Crippen molar-refractivity contribution < 1.29 is 4.79 Å². The molecule has 0 radical (unpaired) electrons. The van der Waals surface area contributed by atoms with Crippen LogP contribution in [0.1, 0.15) is 23.8 Å². The summed E-state index contributed by atoms with van der Waals surface area (Å²) in [7, 11) is 3.98. The third-order valence-electron chi connectivity index (χ3n) is 5.67. The van der Waals surface area contributed by atoms with Gasteiger partial charge in [0.1, 0.15) is 11.2 Å². The summed E-state index contributed by atoms with van der Waals surface area (Å²) < 4.78 is 1.91. The monoisotopic (exact) mass is 452 g/mol. The number of carbonyl (C=O) groups excluding carboxylic acids is 1. The van der Waals surface area contributed by atoms with Crippen LogP contribution in [0.5, 0.6) is 0 Å². The van der Waals surface area contributed by atoms with Gasteiger partial charge in [0.25, 0.3) is 0 Å². The van der Waals surface area contributed by atoms with E-state index in [0.29, 0.717) is 5.16 Å². The first kappa shape index (κ1) is 20.3. The van der Waals surface area contributed by atoms with Crippen LogP contribution < -0.4 is 10.2 Å². The Bertz CT molecular complexity index is 1260. The SMILES string of the molecule is C[C@H]1CCc2c(sc3ncn4c(SCC(=O)Nc5ccc(N(C)C)cc5)nnc4c23)C1. The van der Waals surface area contributed by atoms with Gasteiger partial charge in [-0.25, -0.2) is 4.98 Å². The molecule has 0 saturated carbocycles. The summed E-state index contributed by atoms with van der Waals surface area (Å²) in [5, 5.41) is 13.6. The average molecular weight is 453 g/mol. The normalized spacial score (nSPS) is 15.9. The fourth-order valence-electron chi connectivity index (χ4n) is 3.99. The molecule has 0 fully saturated rings. The number of anilines is 2. The minimum absolute atomic E-state index is 0.0738. The Morgan fingerprint density at radius 2 is 2.10 bits per heavy atom. The largest absolute Gasteiger partial charge is 0.378 e. The number of fused-ring (bicyclic) bond motifs is 5. The predicted molar refractivity (Wildman–Crippen MR) is 127 cm³/mol. The average Bonchev–Trinajstić information content (AvgIpc) is 3.32. The maximum absolute atomic E-state index is 12.4.